The second-order valence-electron chi connectivity index (χ2n) is 13.8. The zero-order chi connectivity index (χ0) is 28.8. The van der Waals surface area contributed by atoms with E-state index in [1.165, 1.54) is 192 Å². The van der Waals surface area contributed by atoms with Crippen molar-refractivity contribution in [2.24, 2.45) is 0 Å². The average Bonchev–Trinajstić information content (AvgIpc) is 2.95. The van der Waals surface area contributed by atoms with Crippen LogP contribution in [0.4, 0.5) is 0 Å². The predicted octanol–water partition coefficient (Wildman–Crippen LogP) is 13.2. The van der Waals surface area contributed by atoms with Crippen molar-refractivity contribution in [3.05, 3.63) is 35.9 Å². The number of rotatable bonds is 31. The highest BCUT2D eigenvalue weighted by Crippen LogP contribution is 2.17. The smallest absolute Gasteiger partial charge is 0.104 e. The summed E-state index contributed by atoms with van der Waals surface area (Å²) in [5, 5.41) is 0. The minimum Gasteiger partial charge on any atom is -0.325 e. The molecule has 0 fully saturated rings. The molecular weight excluding hydrogens is 482 g/mol. The SMILES string of the molecule is CCCCCCCCCCCCCCCCCCCCCCCCCCCCCC[N+](C)(C)Cc1ccccc1. The van der Waals surface area contributed by atoms with E-state index in [2.05, 4.69) is 51.4 Å². The molecule has 0 atom stereocenters. The second-order valence-corrected chi connectivity index (χ2v) is 13.8. The third-order valence-electron chi connectivity index (χ3n) is 9.07. The van der Waals surface area contributed by atoms with Gasteiger partial charge >= 0.3 is 0 Å². The zero-order valence-corrected chi connectivity index (χ0v) is 28.0. The summed E-state index contributed by atoms with van der Waals surface area (Å²) in [6.45, 7) is 4.76. The molecule has 0 aromatic heterocycles. The molecule has 234 valence electrons. The zero-order valence-electron chi connectivity index (χ0n) is 28.0. The third kappa shape index (κ3) is 26.1. The average molecular weight is 557 g/mol. The van der Waals surface area contributed by atoms with E-state index in [1.54, 1.807) is 0 Å². The van der Waals surface area contributed by atoms with Crippen LogP contribution in [0, 0.1) is 0 Å². The molecule has 0 saturated heterocycles. The van der Waals surface area contributed by atoms with E-state index in [9.17, 15) is 0 Å². The molecule has 1 nitrogen and oxygen atoms in total. The van der Waals surface area contributed by atoms with Gasteiger partial charge in [-0.1, -0.05) is 204 Å². The summed E-state index contributed by atoms with van der Waals surface area (Å²) >= 11 is 0. The summed E-state index contributed by atoms with van der Waals surface area (Å²) in [7, 11) is 4.77. The molecule has 0 unspecified atom stereocenters. The molecule has 0 heterocycles. The van der Waals surface area contributed by atoms with Crippen molar-refractivity contribution in [2.75, 3.05) is 20.6 Å². The van der Waals surface area contributed by atoms with Crippen LogP contribution in [0.1, 0.15) is 192 Å². The van der Waals surface area contributed by atoms with Crippen molar-refractivity contribution in [1.29, 1.82) is 0 Å². The van der Waals surface area contributed by atoms with Gasteiger partial charge in [0.2, 0.25) is 0 Å². The van der Waals surface area contributed by atoms with Crippen LogP contribution in [0.3, 0.4) is 0 Å². The van der Waals surface area contributed by atoms with Gasteiger partial charge in [0, 0.05) is 5.56 Å². The van der Waals surface area contributed by atoms with Gasteiger partial charge in [0.1, 0.15) is 6.54 Å². The Balaban J connectivity index is 1.69. The maximum atomic E-state index is 2.38. The number of hydrogen-bond acceptors (Lipinski definition) is 0. The Labute approximate surface area is 253 Å². The van der Waals surface area contributed by atoms with Crippen LogP contribution in [0.25, 0.3) is 0 Å². The molecule has 1 heteroatoms. The van der Waals surface area contributed by atoms with Gasteiger partial charge in [0.05, 0.1) is 20.6 Å². The second kappa shape index (κ2) is 28.3. The maximum absolute atomic E-state index is 2.38. The normalized spacial score (nSPS) is 11.9. The fourth-order valence-electron chi connectivity index (χ4n) is 6.37. The molecule has 1 aromatic carbocycles. The summed E-state index contributed by atoms with van der Waals surface area (Å²) in [5.74, 6) is 0. The van der Waals surface area contributed by atoms with Crippen molar-refractivity contribution < 1.29 is 4.48 Å². The first-order chi connectivity index (χ1) is 19.6. The third-order valence-corrected chi connectivity index (χ3v) is 9.07. The van der Waals surface area contributed by atoms with Crippen molar-refractivity contribution >= 4 is 0 Å². The maximum Gasteiger partial charge on any atom is 0.104 e. The molecule has 0 saturated carbocycles. The number of nitrogens with zero attached hydrogens (tertiary/aromatic N) is 1. The molecule has 0 amide bonds. The molecule has 0 N–H and O–H groups in total. The summed E-state index contributed by atoms with van der Waals surface area (Å²) in [6.07, 6.45) is 41.1. The number of hydrogen-bond donors (Lipinski definition) is 0. The van der Waals surface area contributed by atoms with E-state index in [-0.39, 0.29) is 0 Å². The van der Waals surface area contributed by atoms with Gasteiger partial charge < -0.3 is 4.48 Å². The lowest BCUT2D eigenvalue weighted by molar-refractivity contribution is -0.903. The number of benzene rings is 1. The molecule has 0 aliphatic rings. The van der Waals surface area contributed by atoms with E-state index in [0.29, 0.717) is 0 Å². The topological polar surface area (TPSA) is 0 Å². The van der Waals surface area contributed by atoms with Gasteiger partial charge in [-0.3, -0.25) is 0 Å². The highest BCUT2D eigenvalue weighted by atomic mass is 15.3. The number of unbranched alkanes of at least 4 members (excludes halogenated alkanes) is 27. The van der Waals surface area contributed by atoms with E-state index in [1.807, 2.05) is 0 Å². The lowest BCUT2D eigenvalue weighted by atomic mass is 10.0. The van der Waals surface area contributed by atoms with Gasteiger partial charge in [0.25, 0.3) is 0 Å². The van der Waals surface area contributed by atoms with Crippen LogP contribution in [0.2, 0.25) is 0 Å². The van der Waals surface area contributed by atoms with Crippen LogP contribution in [-0.2, 0) is 6.54 Å². The quantitative estimate of drug-likeness (QED) is 0.0630. The van der Waals surface area contributed by atoms with Crippen LogP contribution >= 0.6 is 0 Å². The van der Waals surface area contributed by atoms with Crippen LogP contribution in [0.15, 0.2) is 30.3 Å². The highest BCUT2D eigenvalue weighted by Gasteiger charge is 2.14. The Morgan fingerprint density at radius 1 is 0.375 bits per heavy atom. The largest absolute Gasteiger partial charge is 0.325 e. The predicted molar refractivity (Wildman–Crippen MR) is 182 cm³/mol. The summed E-state index contributed by atoms with van der Waals surface area (Å²) in [5.41, 5.74) is 1.47. The van der Waals surface area contributed by atoms with Gasteiger partial charge in [-0.25, -0.2) is 0 Å². The molecule has 0 aliphatic heterocycles. The van der Waals surface area contributed by atoms with Crippen LogP contribution in [-0.4, -0.2) is 25.1 Å². The van der Waals surface area contributed by atoms with E-state index >= 15 is 0 Å². The molecule has 0 bridgehead atoms. The summed E-state index contributed by atoms with van der Waals surface area (Å²) in [4.78, 5) is 0. The fourth-order valence-corrected chi connectivity index (χ4v) is 6.37. The van der Waals surface area contributed by atoms with Crippen molar-refractivity contribution in [2.45, 2.75) is 193 Å². The van der Waals surface area contributed by atoms with Gasteiger partial charge in [-0.15, -0.1) is 0 Å². The molecule has 1 aromatic rings. The Hall–Kier alpha value is -0.820. The first kappa shape index (κ1) is 37.2. The molecule has 0 aliphatic carbocycles. The minimum atomic E-state index is 1.11. The van der Waals surface area contributed by atoms with Gasteiger partial charge in [0.15, 0.2) is 0 Å². The van der Waals surface area contributed by atoms with Crippen molar-refractivity contribution in [1.82, 2.24) is 0 Å². The van der Waals surface area contributed by atoms with Crippen LogP contribution in [0.5, 0.6) is 0 Å². The Morgan fingerprint density at radius 3 is 0.950 bits per heavy atom. The summed E-state index contributed by atoms with van der Waals surface area (Å²) in [6, 6.07) is 11.0. The molecule has 1 rings (SSSR count). The van der Waals surface area contributed by atoms with E-state index in [0.717, 1.165) is 11.0 Å². The Kier molecular flexibility index (Phi) is 26.3. The minimum absolute atomic E-state index is 1.11. The molecule has 0 radical (unpaired) electrons. The first-order valence-electron chi connectivity index (χ1n) is 18.5. The van der Waals surface area contributed by atoms with Crippen molar-refractivity contribution in [3.63, 3.8) is 0 Å². The van der Waals surface area contributed by atoms with Gasteiger partial charge in [-0.2, -0.15) is 0 Å². The molecular formula is C39H74N+. The standard InChI is InChI=1S/C39H74N/c1-4-5-6-7-8-9-10-11-12-13-14-15-16-17-18-19-20-21-22-23-24-25-26-27-28-29-30-34-37-40(2,3)38-39-35-32-31-33-36-39/h31-33,35-36H,4-30,34,37-38H2,1-3H3/q+1. The first-order valence-corrected chi connectivity index (χ1v) is 18.5. The van der Waals surface area contributed by atoms with Crippen molar-refractivity contribution in [3.8, 4) is 0 Å². The molecule has 0 spiro atoms. The lowest BCUT2D eigenvalue weighted by Gasteiger charge is -2.30. The fraction of sp³-hybridized carbons (Fsp3) is 0.846. The molecule has 40 heavy (non-hydrogen) atoms. The Morgan fingerprint density at radius 2 is 0.650 bits per heavy atom. The van der Waals surface area contributed by atoms with E-state index in [4.69, 9.17) is 0 Å². The Bertz CT molecular complexity index is 606. The van der Waals surface area contributed by atoms with E-state index < -0.39 is 0 Å². The monoisotopic (exact) mass is 557 g/mol. The highest BCUT2D eigenvalue weighted by molar-refractivity contribution is 5.13. The number of quaternary nitrogens is 1. The lowest BCUT2D eigenvalue weighted by Crippen LogP contribution is -2.39. The summed E-state index contributed by atoms with van der Waals surface area (Å²) < 4.78 is 1.11. The van der Waals surface area contributed by atoms with Crippen LogP contribution < -0.4 is 0 Å². The van der Waals surface area contributed by atoms with Gasteiger partial charge in [-0.05, 0) is 12.8 Å².